The van der Waals surface area contributed by atoms with E-state index in [0.29, 0.717) is 0 Å². The number of phosphoric acid groups is 1. The second-order valence-electron chi connectivity index (χ2n) is 0.513. The fraction of sp³-hybridized carbons (Fsp3) is 0. The Morgan fingerprint density at radius 1 is 0.750 bits per heavy atom. The molecule has 3 N–H and O–H groups in total. The van der Waals surface area contributed by atoms with Gasteiger partial charge in [0.25, 0.3) is 0 Å². The summed E-state index contributed by atoms with van der Waals surface area (Å²) in [5, 5.41) is 0. The first-order chi connectivity index (χ1) is 2.00. The molecule has 0 aliphatic rings. The van der Waals surface area contributed by atoms with Crippen molar-refractivity contribution in [2.45, 2.75) is 0 Å². The summed E-state index contributed by atoms with van der Waals surface area (Å²) in [5.41, 5.74) is 0. The maximum absolute atomic E-state index is 8.88. The van der Waals surface area contributed by atoms with Gasteiger partial charge in [0, 0.05) is 0 Å². The molecule has 0 saturated heterocycles. The maximum atomic E-state index is 8.88. The third-order valence-electron chi connectivity index (χ3n) is 0. The summed E-state index contributed by atoms with van der Waals surface area (Å²) in [6, 6.07) is 0. The van der Waals surface area contributed by atoms with Gasteiger partial charge in [-0.25, -0.2) is 4.57 Å². The summed E-state index contributed by atoms with van der Waals surface area (Å²) >= 11 is 0. The van der Waals surface area contributed by atoms with Gasteiger partial charge >= 0.3 is 56.4 Å². The smallest absolute Gasteiger partial charge is 1.00 e. The molecule has 0 aromatic rings. The van der Waals surface area contributed by atoms with Crippen molar-refractivity contribution in [3.05, 3.63) is 0 Å². The molecule has 0 aromatic carbocycles. The Bertz CT molecular complexity index is 69.6. The van der Waals surface area contributed by atoms with Gasteiger partial charge < -0.3 is 76.7 Å². The average Bonchev–Trinajstić information content (AvgIpc) is 0.722. The van der Waals surface area contributed by atoms with E-state index in [1.165, 1.54) is 0 Å². The average molecular weight is 474 g/mol. The predicted molar refractivity (Wildman–Crippen MR) is 14.3 cm³/mol. The second-order valence-corrected chi connectivity index (χ2v) is 1.54. The van der Waals surface area contributed by atoms with E-state index in [1.54, 1.807) is 0 Å². The van der Waals surface area contributed by atoms with Gasteiger partial charge in [0.05, 0.1) is 0 Å². The quantitative estimate of drug-likeness (QED) is 0.241. The van der Waals surface area contributed by atoms with Crippen molar-refractivity contribution in [3.8, 4) is 0 Å². The zero-order valence-corrected chi connectivity index (χ0v) is 13.5. The van der Waals surface area contributed by atoms with E-state index >= 15 is 0 Å². The third kappa shape index (κ3) is 193. The van der Waals surface area contributed by atoms with E-state index in [9.17, 15) is 0 Å². The van der Waals surface area contributed by atoms with Crippen LogP contribution in [0.3, 0.4) is 0 Å². The first-order valence-electron chi connectivity index (χ1n) is 0.783. The van der Waals surface area contributed by atoms with Crippen LogP contribution in [0.2, 0.25) is 0 Å². The van der Waals surface area contributed by atoms with Gasteiger partial charge in [-0.05, 0) is 0 Å². The minimum absolute atomic E-state index is 0. The molecule has 82 valence electrons. The number of hydrogen-bond acceptors (Lipinski definition) is 1. The number of rotatable bonds is 0. The molecule has 0 spiro atoms. The van der Waals surface area contributed by atoms with Crippen LogP contribution >= 0.6 is 7.82 Å². The molecule has 0 unspecified atom stereocenters. The van der Waals surface area contributed by atoms with Crippen LogP contribution in [0.1, 0.15) is 0 Å². The van der Waals surface area contributed by atoms with Gasteiger partial charge in [-0.15, -0.1) is 0 Å². The second kappa shape index (κ2) is 29.2. The van der Waals surface area contributed by atoms with Crippen molar-refractivity contribution in [2.75, 3.05) is 0 Å². The molecule has 0 amide bonds. The Morgan fingerprint density at radius 2 is 0.750 bits per heavy atom. The van der Waals surface area contributed by atoms with E-state index in [4.69, 9.17) is 19.2 Å². The Morgan fingerprint density at radius 3 is 0.750 bits per heavy atom. The molecule has 0 aromatic heterocycles. The minimum Gasteiger partial charge on any atom is -1.00 e. The van der Waals surface area contributed by atoms with Crippen LogP contribution in [0.5, 0.6) is 0 Å². The molecular formula is H3AgCl5O4PZr. The number of halogens is 5. The van der Waals surface area contributed by atoms with Gasteiger partial charge in [0.1, 0.15) is 0 Å². The topological polar surface area (TPSA) is 77.8 Å². The van der Waals surface area contributed by atoms with Crippen molar-refractivity contribution in [1.82, 2.24) is 0 Å². The summed E-state index contributed by atoms with van der Waals surface area (Å²) in [5.74, 6) is 0. The largest absolute Gasteiger partial charge is 4.00 e. The molecule has 0 aliphatic heterocycles. The van der Waals surface area contributed by atoms with Crippen molar-refractivity contribution >= 4 is 7.82 Å². The van der Waals surface area contributed by atoms with E-state index < -0.39 is 7.82 Å². The molecule has 12 heavy (non-hydrogen) atoms. The summed E-state index contributed by atoms with van der Waals surface area (Å²) in [6.45, 7) is 0. The van der Waals surface area contributed by atoms with Gasteiger partial charge in [0.2, 0.25) is 0 Å². The molecule has 0 atom stereocenters. The predicted octanol–water partition coefficient (Wildman–Crippen LogP) is -15.9. The maximum Gasteiger partial charge on any atom is 4.00 e. The normalized spacial score (nSPS) is 4.92. The van der Waals surface area contributed by atoms with Crippen LogP contribution in [0.4, 0.5) is 0 Å². The molecule has 0 fully saturated rings. The Balaban J connectivity index is -0.00000000381. The molecule has 0 rings (SSSR count). The molecule has 0 bridgehead atoms. The van der Waals surface area contributed by atoms with Crippen LogP contribution in [0.15, 0.2) is 0 Å². The van der Waals surface area contributed by atoms with Crippen LogP contribution in [-0.2, 0) is 53.1 Å². The zero-order valence-electron chi connectivity index (χ0n) is 4.89. The Labute approximate surface area is 136 Å². The van der Waals surface area contributed by atoms with Crippen LogP contribution in [0, 0.1) is 0 Å². The van der Waals surface area contributed by atoms with Gasteiger partial charge in [0.15, 0.2) is 0 Å². The minimum atomic E-state index is -4.64. The fourth-order valence-electron chi connectivity index (χ4n) is 0. The molecule has 0 heterocycles. The zero-order chi connectivity index (χ0) is 4.50. The summed E-state index contributed by atoms with van der Waals surface area (Å²) < 4.78 is 8.88. The van der Waals surface area contributed by atoms with Crippen molar-refractivity contribution in [1.29, 1.82) is 0 Å². The molecular weight excluding hydrogens is 471 g/mol. The van der Waals surface area contributed by atoms with Crippen molar-refractivity contribution < 1.29 is 130 Å². The van der Waals surface area contributed by atoms with Gasteiger partial charge in [-0.1, -0.05) is 0 Å². The van der Waals surface area contributed by atoms with E-state index in [-0.39, 0.29) is 111 Å². The van der Waals surface area contributed by atoms with E-state index in [2.05, 4.69) is 0 Å². The fourth-order valence-corrected chi connectivity index (χ4v) is 0. The monoisotopic (exact) mass is 470 g/mol. The molecule has 12 heteroatoms. The van der Waals surface area contributed by atoms with Crippen LogP contribution in [-0.4, -0.2) is 14.7 Å². The van der Waals surface area contributed by atoms with Crippen molar-refractivity contribution in [2.24, 2.45) is 0 Å². The van der Waals surface area contributed by atoms with E-state index in [0.717, 1.165) is 0 Å². The Kier molecular flexibility index (Phi) is 144. The van der Waals surface area contributed by atoms with Gasteiger partial charge in [-0.3, -0.25) is 0 Å². The van der Waals surface area contributed by atoms with Gasteiger partial charge in [-0.2, -0.15) is 0 Å². The van der Waals surface area contributed by atoms with Crippen LogP contribution < -0.4 is 62.0 Å². The van der Waals surface area contributed by atoms with E-state index in [1.807, 2.05) is 0 Å². The summed E-state index contributed by atoms with van der Waals surface area (Å²) in [4.78, 5) is 21.6. The summed E-state index contributed by atoms with van der Waals surface area (Å²) in [7, 11) is -4.64. The first-order valence-corrected chi connectivity index (χ1v) is 2.35. The molecule has 4 nitrogen and oxygen atoms in total. The SMILES string of the molecule is O=P(O)(O)O.[Ag+].[Cl-].[Cl-].[Cl-].[Cl-].[Cl-].[Zr+4]. The standard InChI is InChI=1S/Ag.5ClH.H3O4P.Zr/c;;;;;;1-5(2,3)4;/h;5*1H;(H3,1,2,3,4);/q+1;;;;;;;+4/p-5. The number of hydrogen-bond donors (Lipinski definition) is 3. The first kappa shape index (κ1) is 59.2. The van der Waals surface area contributed by atoms with Crippen molar-refractivity contribution in [3.63, 3.8) is 0 Å². The molecule has 0 saturated carbocycles. The third-order valence-corrected chi connectivity index (χ3v) is 0. The molecule has 0 aliphatic carbocycles. The molecule has 0 radical (unpaired) electrons. The Hall–Kier alpha value is 3.18. The summed E-state index contributed by atoms with van der Waals surface area (Å²) in [6.07, 6.45) is 0. The van der Waals surface area contributed by atoms with Crippen LogP contribution in [0.25, 0.3) is 0 Å².